The van der Waals surface area contributed by atoms with Crippen molar-refractivity contribution in [3.05, 3.63) is 52.2 Å². The number of nitrogens with two attached hydrogens (primary N) is 1. The van der Waals surface area contributed by atoms with Gasteiger partial charge in [-0.3, -0.25) is 19.5 Å². The third-order valence-electron chi connectivity index (χ3n) is 6.10. The molecule has 2 heterocycles. The van der Waals surface area contributed by atoms with Gasteiger partial charge in [0.1, 0.15) is 11.6 Å². The number of ether oxygens (including phenoxy) is 2. The van der Waals surface area contributed by atoms with Gasteiger partial charge in [0, 0.05) is 82.5 Å². The number of carbonyl (C=O) groups is 1. The van der Waals surface area contributed by atoms with Gasteiger partial charge >= 0.3 is 0 Å². The minimum atomic E-state index is -1.87. The van der Waals surface area contributed by atoms with E-state index in [4.69, 9.17) is 14.3 Å². The number of nitrogens with zero attached hydrogens (tertiary/aromatic N) is 3. The summed E-state index contributed by atoms with van der Waals surface area (Å²) in [6, 6.07) is 6.48. The van der Waals surface area contributed by atoms with Crippen LogP contribution in [0.15, 0.2) is 35.3 Å². The fourth-order valence-corrected chi connectivity index (χ4v) is 4.62. The second-order valence-electron chi connectivity index (χ2n) is 9.63. The van der Waals surface area contributed by atoms with Gasteiger partial charge in [-0.2, -0.15) is 4.39 Å². The Labute approximate surface area is 209 Å². The summed E-state index contributed by atoms with van der Waals surface area (Å²) in [5, 5.41) is 0. The fourth-order valence-electron chi connectivity index (χ4n) is 4.62. The average Bonchev–Trinajstić information content (AvgIpc) is 3.63. The van der Waals surface area contributed by atoms with E-state index in [1.807, 2.05) is 0 Å². The van der Waals surface area contributed by atoms with Crippen LogP contribution < -0.4 is 20.9 Å². The summed E-state index contributed by atoms with van der Waals surface area (Å²) < 4.78 is 39.3. The van der Waals surface area contributed by atoms with Crippen LogP contribution in [-0.2, 0) is 16.1 Å². The number of aromatic nitrogens is 2. The molecule has 3 N–H and O–H groups in total. The summed E-state index contributed by atoms with van der Waals surface area (Å²) in [5.74, 6) is -1.30. The Morgan fingerprint density at radius 3 is 2.58 bits per heavy atom. The summed E-state index contributed by atoms with van der Waals surface area (Å²) in [7, 11) is 1.69. The number of benzene rings is 1. The Kier molecular flexibility index (Phi) is 9.38. The number of primary amides is 1. The van der Waals surface area contributed by atoms with E-state index in [1.165, 1.54) is 32.2 Å². The highest BCUT2D eigenvalue weighted by atomic mass is 19.2. The highest BCUT2D eigenvalue weighted by Crippen LogP contribution is 2.35. The first-order chi connectivity index (χ1) is 17.1. The molecule has 1 aliphatic carbocycles. The van der Waals surface area contributed by atoms with Crippen molar-refractivity contribution in [3.63, 3.8) is 0 Å². The molecule has 2 unspecified atom stereocenters. The maximum Gasteiger partial charge on any atom is 0.252 e. The van der Waals surface area contributed by atoms with Crippen LogP contribution >= 0.6 is 0 Å². The number of hydrogen-bond donors (Lipinski definition) is 2. The van der Waals surface area contributed by atoms with Crippen molar-refractivity contribution in [2.24, 2.45) is 11.7 Å². The molecule has 2 fully saturated rings. The molecule has 1 saturated heterocycles. The van der Waals surface area contributed by atoms with Crippen molar-refractivity contribution < 1.29 is 23.0 Å². The fraction of sp³-hybridized carbons (Fsp3) is 0.560. The van der Waals surface area contributed by atoms with E-state index >= 15 is 0 Å². The molecule has 0 bridgehead atoms. The standard InChI is InChI=1S/C24H32F2N4O3.CH3NO/c1-24(2,26)33-20-7-4-17(21(25)11-20)13-30(18-5-6-18)19-10-16(15-32-3)12-29(14-19)23-27-9-8-22(31)28-23;2-1-3/h4,7-9,11,16,18-19H,5-6,10,12-15H2,1-3H3,(H,27,28,31);1H,(H2,2,3). The van der Waals surface area contributed by atoms with Crippen LogP contribution in [-0.4, -0.2) is 66.0 Å². The highest BCUT2D eigenvalue weighted by molar-refractivity contribution is 5.42. The Bertz CT molecular complexity index is 1060. The number of hydrogen-bond acceptors (Lipinski definition) is 7. The highest BCUT2D eigenvalue weighted by Gasteiger charge is 2.39. The van der Waals surface area contributed by atoms with Crippen LogP contribution in [0.25, 0.3) is 0 Å². The molecule has 0 radical (unpaired) electrons. The molecular formula is C25H35F2N5O4. The smallest absolute Gasteiger partial charge is 0.252 e. The van der Waals surface area contributed by atoms with Crippen LogP contribution in [0.5, 0.6) is 5.75 Å². The molecule has 1 saturated carbocycles. The van der Waals surface area contributed by atoms with Crippen molar-refractivity contribution in [1.82, 2.24) is 14.9 Å². The minimum absolute atomic E-state index is 0.150. The van der Waals surface area contributed by atoms with Gasteiger partial charge in [-0.25, -0.2) is 9.37 Å². The van der Waals surface area contributed by atoms with Gasteiger partial charge < -0.3 is 20.1 Å². The summed E-state index contributed by atoms with van der Waals surface area (Å²) in [6.45, 7) is 5.04. The molecule has 1 amide bonds. The predicted octanol–water partition coefficient (Wildman–Crippen LogP) is 2.60. The van der Waals surface area contributed by atoms with Crippen LogP contribution in [0.1, 0.15) is 38.7 Å². The number of aromatic amines is 1. The van der Waals surface area contributed by atoms with E-state index in [-0.39, 0.29) is 29.7 Å². The zero-order chi connectivity index (χ0) is 26.3. The lowest BCUT2D eigenvalue weighted by atomic mass is 9.93. The SMILES string of the molecule is COCC1CC(N(Cc2ccc(OC(C)(C)F)cc2F)C2CC2)CN(c2nccc(=O)[nH]2)C1.NC=O. The summed E-state index contributed by atoms with van der Waals surface area (Å²) in [5.41, 5.74) is 4.53. The minimum Gasteiger partial charge on any atom is -0.458 e. The summed E-state index contributed by atoms with van der Waals surface area (Å²) >= 11 is 0. The molecule has 1 aromatic heterocycles. The normalized spacial score (nSPS) is 20.0. The Hall–Kier alpha value is -3.05. The third-order valence-corrected chi connectivity index (χ3v) is 6.10. The monoisotopic (exact) mass is 507 g/mol. The second-order valence-corrected chi connectivity index (χ2v) is 9.63. The van der Waals surface area contributed by atoms with Crippen molar-refractivity contribution in [1.29, 1.82) is 0 Å². The third kappa shape index (κ3) is 7.99. The zero-order valence-electron chi connectivity index (χ0n) is 21.0. The largest absolute Gasteiger partial charge is 0.458 e. The average molecular weight is 508 g/mol. The lowest BCUT2D eigenvalue weighted by molar-refractivity contribution is -0.106. The van der Waals surface area contributed by atoms with E-state index < -0.39 is 11.7 Å². The van der Waals surface area contributed by atoms with Crippen molar-refractivity contribution in [2.75, 3.05) is 31.7 Å². The molecule has 9 nitrogen and oxygen atoms in total. The number of methoxy groups -OCH3 is 1. The topological polar surface area (TPSA) is 114 Å². The number of amides is 1. The molecule has 2 aliphatic rings. The maximum absolute atomic E-state index is 14.9. The van der Waals surface area contributed by atoms with Crippen LogP contribution in [0.2, 0.25) is 0 Å². The number of nitrogens with one attached hydrogen (secondary N) is 1. The maximum atomic E-state index is 14.9. The van der Waals surface area contributed by atoms with Gasteiger partial charge in [-0.1, -0.05) is 6.07 Å². The summed E-state index contributed by atoms with van der Waals surface area (Å²) in [4.78, 5) is 32.0. The summed E-state index contributed by atoms with van der Waals surface area (Å²) in [6.07, 6.45) is 4.83. The van der Waals surface area contributed by atoms with Crippen LogP contribution in [0.4, 0.5) is 14.7 Å². The molecule has 198 valence electrons. The van der Waals surface area contributed by atoms with Crippen LogP contribution in [0, 0.1) is 11.7 Å². The van der Waals surface area contributed by atoms with E-state index in [9.17, 15) is 13.6 Å². The molecular weight excluding hydrogens is 472 g/mol. The zero-order valence-corrected chi connectivity index (χ0v) is 21.0. The van der Waals surface area contributed by atoms with E-state index in [0.29, 0.717) is 37.3 Å². The second kappa shape index (κ2) is 12.3. The van der Waals surface area contributed by atoms with Gasteiger partial charge in [0.25, 0.3) is 5.56 Å². The lowest BCUT2D eigenvalue weighted by Crippen LogP contribution is -2.53. The first kappa shape index (κ1) is 27.5. The Morgan fingerprint density at radius 2 is 2.00 bits per heavy atom. The van der Waals surface area contributed by atoms with Gasteiger partial charge in [-0.15, -0.1) is 0 Å². The van der Waals surface area contributed by atoms with Gasteiger partial charge in [0.05, 0.1) is 6.61 Å². The van der Waals surface area contributed by atoms with Crippen molar-refractivity contribution in [2.45, 2.75) is 57.6 Å². The van der Waals surface area contributed by atoms with Gasteiger partial charge in [0.2, 0.25) is 18.2 Å². The van der Waals surface area contributed by atoms with Crippen molar-refractivity contribution >= 4 is 12.4 Å². The first-order valence-electron chi connectivity index (χ1n) is 12.0. The number of H-pyrrole nitrogens is 1. The number of alkyl halides is 1. The van der Waals surface area contributed by atoms with E-state index in [0.717, 1.165) is 25.8 Å². The van der Waals surface area contributed by atoms with Crippen LogP contribution in [0.3, 0.4) is 0 Å². The first-order valence-corrected chi connectivity index (χ1v) is 12.0. The number of carbonyl (C=O) groups excluding carboxylic acids is 1. The molecule has 0 spiro atoms. The Morgan fingerprint density at radius 1 is 1.28 bits per heavy atom. The number of rotatable bonds is 9. The molecule has 2 aromatic rings. The molecule has 1 aliphatic heterocycles. The number of piperidine rings is 1. The van der Waals surface area contributed by atoms with Gasteiger partial charge in [0.15, 0.2) is 0 Å². The van der Waals surface area contributed by atoms with E-state index in [2.05, 4.69) is 25.5 Å². The quantitative estimate of drug-likeness (QED) is 0.502. The van der Waals surface area contributed by atoms with E-state index in [1.54, 1.807) is 19.2 Å². The predicted molar refractivity (Wildman–Crippen MR) is 132 cm³/mol. The van der Waals surface area contributed by atoms with Gasteiger partial charge in [-0.05, 0) is 25.3 Å². The molecule has 11 heteroatoms. The lowest BCUT2D eigenvalue weighted by Gasteiger charge is -2.43. The number of anilines is 1. The molecule has 36 heavy (non-hydrogen) atoms. The molecule has 2 atom stereocenters. The molecule has 1 aromatic carbocycles. The number of halogens is 2. The molecule has 4 rings (SSSR count). The Balaban J connectivity index is 0.00000115. The van der Waals surface area contributed by atoms with Crippen molar-refractivity contribution in [3.8, 4) is 5.75 Å².